The van der Waals surface area contributed by atoms with Crippen LogP contribution in [0.1, 0.15) is 24.1 Å². The molecule has 0 atom stereocenters. The number of hydrogen-bond donors (Lipinski definition) is 3. The molecule has 14 heteroatoms. The van der Waals surface area contributed by atoms with Gasteiger partial charge in [0.2, 0.25) is 0 Å². The number of alkyl halides is 3. The highest BCUT2D eigenvalue weighted by atomic mass is 19.4. The van der Waals surface area contributed by atoms with Crippen LogP contribution >= 0.6 is 0 Å². The first kappa shape index (κ1) is 28.6. The molecule has 0 amide bonds. The number of rotatable bonds is 5. The minimum atomic E-state index is -4.96. The Balaban J connectivity index is 1.31. The van der Waals surface area contributed by atoms with Crippen molar-refractivity contribution in [3.63, 3.8) is 0 Å². The molecule has 11 nitrogen and oxygen atoms in total. The third-order valence-corrected chi connectivity index (χ3v) is 8.13. The van der Waals surface area contributed by atoms with E-state index >= 15 is 0 Å². The third kappa shape index (κ3) is 5.07. The summed E-state index contributed by atoms with van der Waals surface area (Å²) in [6.07, 6.45) is -3.80. The molecule has 0 saturated carbocycles. The van der Waals surface area contributed by atoms with Gasteiger partial charge in [-0.2, -0.15) is 18.3 Å². The molecule has 0 radical (unpaired) electrons. The zero-order chi connectivity index (χ0) is 31.5. The molecule has 45 heavy (non-hydrogen) atoms. The lowest BCUT2D eigenvalue weighted by molar-refractivity contribution is -0.140. The predicted octanol–water partition coefficient (Wildman–Crippen LogP) is 4.23. The van der Waals surface area contributed by atoms with Crippen molar-refractivity contribution in [2.75, 3.05) is 18.8 Å². The molecule has 1 aliphatic rings. The van der Waals surface area contributed by atoms with Gasteiger partial charge in [-0.3, -0.25) is 9.69 Å². The van der Waals surface area contributed by atoms with Crippen molar-refractivity contribution in [2.24, 2.45) is 0 Å². The molecule has 4 N–H and O–H groups in total. The predicted molar refractivity (Wildman–Crippen MR) is 160 cm³/mol. The Hall–Kier alpha value is -5.21. The Morgan fingerprint density at radius 1 is 1.00 bits per heavy atom. The minimum absolute atomic E-state index is 0.0153. The number of halogens is 3. The van der Waals surface area contributed by atoms with Gasteiger partial charge in [0.25, 0.3) is 5.56 Å². The summed E-state index contributed by atoms with van der Waals surface area (Å²) in [5.74, 6) is 0.0153. The maximum absolute atomic E-state index is 14.0. The number of H-pyrrole nitrogens is 1. The molecule has 230 valence electrons. The van der Waals surface area contributed by atoms with Gasteiger partial charge in [0, 0.05) is 19.6 Å². The van der Waals surface area contributed by atoms with Crippen LogP contribution in [0.3, 0.4) is 0 Å². The van der Waals surface area contributed by atoms with E-state index in [1.165, 1.54) is 18.2 Å². The van der Waals surface area contributed by atoms with E-state index in [-0.39, 0.29) is 23.3 Å². The van der Waals surface area contributed by atoms with Gasteiger partial charge < -0.3 is 20.3 Å². The highest BCUT2D eigenvalue weighted by Crippen LogP contribution is 2.34. The number of anilines is 1. The number of aliphatic hydroxyl groups is 1. The summed E-state index contributed by atoms with van der Waals surface area (Å²) < 4.78 is 48.8. The largest absolute Gasteiger partial charge is 0.437 e. The Morgan fingerprint density at radius 3 is 2.44 bits per heavy atom. The first-order valence-electron chi connectivity index (χ1n) is 14.2. The van der Waals surface area contributed by atoms with Gasteiger partial charge in [0.1, 0.15) is 5.52 Å². The molecular weight excluding hydrogens is 591 g/mol. The SMILES string of the molecule is Nc1noc2ccc(-n3nc(C(F)(F)F)c4[nH]c(=O)n(-c5ccc(-c6ccccc6CN6CCC(O)CC6)cc5)c(=O)c43)cc12. The van der Waals surface area contributed by atoms with Crippen LogP contribution in [0.4, 0.5) is 19.0 Å². The molecule has 4 heterocycles. The molecule has 0 spiro atoms. The second-order valence-electron chi connectivity index (χ2n) is 11.0. The van der Waals surface area contributed by atoms with Gasteiger partial charge in [-0.1, -0.05) is 41.6 Å². The number of aliphatic hydroxyl groups excluding tert-OH is 1. The molecule has 0 aliphatic carbocycles. The quantitative estimate of drug-likeness (QED) is 0.260. The number of fused-ring (bicyclic) bond motifs is 2. The fraction of sp³-hybridized carbons (Fsp3) is 0.226. The van der Waals surface area contributed by atoms with Crippen LogP contribution in [0.2, 0.25) is 0 Å². The van der Waals surface area contributed by atoms with Crippen molar-refractivity contribution in [2.45, 2.75) is 31.7 Å². The number of aromatic nitrogens is 5. The van der Waals surface area contributed by atoms with Crippen molar-refractivity contribution in [3.05, 3.63) is 98.8 Å². The van der Waals surface area contributed by atoms with Crippen LogP contribution in [0.5, 0.6) is 0 Å². The number of nitrogens with two attached hydrogens (primary N) is 1. The lowest BCUT2D eigenvalue weighted by Crippen LogP contribution is -2.35. The summed E-state index contributed by atoms with van der Waals surface area (Å²) in [5, 5.41) is 17.5. The van der Waals surface area contributed by atoms with Crippen LogP contribution in [0, 0.1) is 0 Å². The summed E-state index contributed by atoms with van der Waals surface area (Å²) >= 11 is 0. The van der Waals surface area contributed by atoms with E-state index in [2.05, 4.69) is 20.1 Å². The minimum Gasteiger partial charge on any atom is -0.393 e. The van der Waals surface area contributed by atoms with Gasteiger partial charge in [-0.15, -0.1) is 0 Å². The number of hydrogen-bond acceptors (Lipinski definition) is 8. The fourth-order valence-electron chi connectivity index (χ4n) is 5.84. The van der Waals surface area contributed by atoms with Crippen LogP contribution < -0.4 is 17.0 Å². The van der Waals surface area contributed by atoms with E-state index in [9.17, 15) is 27.9 Å². The molecule has 1 saturated heterocycles. The van der Waals surface area contributed by atoms with E-state index in [4.69, 9.17) is 10.3 Å². The molecule has 1 aliphatic heterocycles. The summed E-state index contributed by atoms with van der Waals surface area (Å²) in [6, 6.07) is 18.8. The van der Waals surface area contributed by atoms with Gasteiger partial charge >= 0.3 is 11.9 Å². The summed E-state index contributed by atoms with van der Waals surface area (Å²) in [6.45, 7) is 2.27. The van der Waals surface area contributed by atoms with Crippen molar-refractivity contribution in [1.82, 2.24) is 29.4 Å². The van der Waals surface area contributed by atoms with Crippen LogP contribution in [-0.4, -0.2) is 53.7 Å². The van der Waals surface area contributed by atoms with Crippen LogP contribution in [0.25, 0.3) is 44.5 Å². The number of nitrogen functional groups attached to an aromatic ring is 1. The monoisotopic (exact) mass is 617 g/mol. The number of piperidine rings is 1. The highest BCUT2D eigenvalue weighted by Gasteiger charge is 2.39. The Labute approximate surface area is 251 Å². The molecule has 6 aromatic rings. The lowest BCUT2D eigenvalue weighted by atomic mass is 9.98. The van der Waals surface area contributed by atoms with Crippen molar-refractivity contribution < 1.29 is 22.8 Å². The average Bonchev–Trinajstić information content (AvgIpc) is 3.59. The Bertz CT molecular complexity index is 2170. The van der Waals surface area contributed by atoms with Crippen LogP contribution in [-0.2, 0) is 12.7 Å². The zero-order valence-corrected chi connectivity index (χ0v) is 23.6. The number of nitrogens with one attached hydrogen (secondary N) is 1. The number of likely N-dealkylation sites (tertiary alicyclic amines) is 1. The summed E-state index contributed by atoms with van der Waals surface area (Å²) in [4.78, 5) is 31.5. The Morgan fingerprint density at radius 2 is 1.71 bits per heavy atom. The molecule has 3 aromatic heterocycles. The first-order valence-corrected chi connectivity index (χ1v) is 14.2. The molecule has 3 aromatic carbocycles. The molecule has 0 unspecified atom stereocenters. The average molecular weight is 618 g/mol. The fourth-order valence-corrected chi connectivity index (χ4v) is 5.84. The van der Waals surface area contributed by atoms with Gasteiger partial charge in [0.05, 0.1) is 22.9 Å². The van der Waals surface area contributed by atoms with Gasteiger partial charge in [-0.25, -0.2) is 14.0 Å². The summed E-state index contributed by atoms with van der Waals surface area (Å²) in [7, 11) is 0. The van der Waals surface area contributed by atoms with Gasteiger partial charge in [-0.05, 0) is 59.9 Å². The molecule has 0 bridgehead atoms. The number of benzene rings is 3. The molecular formula is C31H26F3N7O4. The van der Waals surface area contributed by atoms with E-state index in [0.717, 1.165) is 51.9 Å². The second-order valence-corrected chi connectivity index (χ2v) is 11.0. The van der Waals surface area contributed by atoms with Crippen LogP contribution in [0.15, 0.2) is 80.8 Å². The standard InChI is InChI=1S/C31H26F3N7O4/c32-31(33,34)27-25-26(41(37-27)20-9-10-24-23(15-20)28(35)38-45-24)29(43)40(30(44)36-25)19-7-5-17(6-8-19)22-4-2-1-3-18(22)16-39-13-11-21(42)12-14-39/h1-10,15,21,42H,11-14,16H2,(H2,35,38)(H,36,44). The molecule has 7 rings (SSSR count). The second kappa shape index (κ2) is 10.7. The zero-order valence-electron chi connectivity index (χ0n) is 23.6. The number of aromatic amines is 1. The van der Waals surface area contributed by atoms with Crippen molar-refractivity contribution in [1.29, 1.82) is 0 Å². The smallest absolute Gasteiger partial charge is 0.393 e. The normalized spacial score (nSPS) is 14.9. The van der Waals surface area contributed by atoms with E-state index < -0.39 is 34.2 Å². The van der Waals surface area contributed by atoms with E-state index in [1.807, 2.05) is 24.3 Å². The highest BCUT2D eigenvalue weighted by molar-refractivity contribution is 5.89. The summed E-state index contributed by atoms with van der Waals surface area (Å²) in [5.41, 5.74) is 4.60. The van der Waals surface area contributed by atoms with Crippen molar-refractivity contribution >= 4 is 27.8 Å². The van der Waals surface area contributed by atoms with Gasteiger partial charge in [0.15, 0.2) is 22.6 Å². The first-order chi connectivity index (χ1) is 21.6. The van der Waals surface area contributed by atoms with E-state index in [1.54, 1.807) is 24.3 Å². The maximum atomic E-state index is 14.0. The lowest BCUT2D eigenvalue weighted by Gasteiger charge is -2.30. The number of nitrogens with zero attached hydrogens (tertiary/aromatic N) is 5. The van der Waals surface area contributed by atoms with Crippen molar-refractivity contribution in [3.8, 4) is 22.5 Å². The van der Waals surface area contributed by atoms with E-state index in [0.29, 0.717) is 17.5 Å². The topological polar surface area (TPSA) is 148 Å². The maximum Gasteiger partial charge on any atom is 0.437 e. The molecule has 1 fully saturated rings. The third-order valence-electron chi connectivity index (χ3n) is 8.13. The Kier molecular flexibility index (Phi) is 6.82.